The van der Waals surface area contributed by atoms with Gasteiger partial charge in [-0.1, -0.05) is 18.0 Å². The zero-order valence-corrected chi connectivity index (χ0v) is 16.7. The fraction of sp³-hybridized carbons (Fsp3) is 0.444. The van der Waals surface area contributed by atoms with Gasteiger partial charge in [-0.25, -0.2) is 13.4 Å². The predicted molar refractivity (Wildman–Crippen MR) is 101 cm³/mol. The number of carbonyl (C=O) groups is 1. The number of rotatable bonds is 7. The molecule has 0 aliphatic carbocycles. The van der Waals surface area contributed by atoms with Crippen LogP contribution in [0.3, 0.4) is 0 Å². The van der Waals surface area contributed by atoms with E-state index >= 15 is 0 Å². The lowest BCUT2D eigenvalue weighted by molar-refractivity contribution is 0.0713. The van der Waals surface area contributed by atoms with E-state index in [9.17, 15) is 13.2 Å². The quantitative estimate of drug-likeness (QED) is 0.654. The number of ether oxygens (including phenoxy) is 1. The van der Waals surface area contributed by atoms with Gasteiger partial charge in [0.2, 0.25) is 15.8 Å². The summed E-state index contributed by atoms with van der Waals surface area (Å²) in [6.45, 7) is 0.951. The summed E-state index contributed by atoms with van der Waals surface area (Å²) in [5.74, 6) is 0.0539. The number of sulfonamides is 1. The Bertz CT molecular complexity index is 920. The van der Waals surface area contributed by atoms with E-state index in [4.69, 9.17) is 16.3 Å². The first kappa shape index (κ1) is 20.0. The summed E-state index contributed by atoms with van der Waals surface area (Å²) in [5, 5.41) is 0.400. The minimum Gasteiger partial charge on any atom is -0.368 e. The van der Waals surface area contributed by atoms with E-state index in [2.05, 4.69) is 4.98 Å². The molecule has 0 unspecified atom stereocenters. The molecule has 0 amide bonds. The van der Waals surface area contributed by atoms with E-state index in [0.717, 1.165) is 19.3 Å². The molecule has 0 radical (unpaired) electrons. The van der Waals surface area contributed by atoms with Crippen LogP contribution >= 0.6 is 11.6 Å². The summed E-state index contributed by atoms with van der Waals surface area (Å²) in [7, 11) is -1.82. The van der Waals surface area contributed by atoms with Crippen LogP contribution in [0.4, 0.5) is 0 Å². The van der Waals surface area contributed by atoms with E-state index in [-0.39, 0.29) is 23.9 Å². The summed E-state index contributed by atoms with van der Waals surface area (Å²) < 4.78 is 34.2. The largest absolute Gasteiger partial charge is 0.368 e. The number of Topliss-reactive ketones (excluding diaryl/α,β-unsaturated/α-hetero) is 1. The van der Waals surface area contributed by atoms with Crippen LogP contribution in [0, 0.1) is 0 Å². The van der Waals surface area contributed by atoms with E-state index in [0.29, 0.717) is 29.5 Å². The second kappa shape index (κ2) is 8.52. The van der Waals surface area contributed by atoms with Crippen LogP contribution in [0.5, 0.6) is 0 Å². The Kier molecular flexibility index (Phi) is 6.31. The second-order valence-electron chi connectivity index (χ2n) is 6.50. The number of nitrogens with zero attached hydrogens (tertiary/aromatic N) is 3. The summed E-state index contributed by atoms with van der Waals surface area (Å²) in [6, 6.07) is 4.59. The second-order valence-corrected chi connectivity index (χ2v) is 8.84. The number of aryl methyl sites for hydroxylation is 1. The summed E-state index contributed by atoms with van der Waals surface area (Å²) in [5.41, 5.74) is 0.530. The summed E-state index contributed by atoms with van der Waals surface area (Å²) in [4.78, 5) is 16.3. The molecular weight excluding hydrogens is 390 g/mol. The molecule has 0 bridgehead atoms. The molecule has 1 aromatic heterocycles. The van der Waals surface area contributed by atoms with Gasteiger partial charge in [-0.05, 0) is 36.6 Å². The number of aromatic nitrogens is 2. The van der Waals surface area contributed by atoms with E-state index in [1.807, 2.05) is 0 Å². The molecule has 1 aliphatic rings. The number of benzene rings is 1. The van der Waals surface area contributed by atoms with Gasteiger partial charge in [0, 0.05) is 37.6 Å². The molecule has 1 aliphatic heterocycles. The van der Waals surface area contributed by atoms with Crippen LogP contribution in [0.25, 0.3) is 0 Å². The van der Waals surface area contributed by atoms with Gasteiger partial charge in [0.25, 0.3) is 0 Å². The van der Waals surface area contributed by atoms with Gasteiger partial charge >= 0.3 is 0 Å². The topological polar surface area (TPSA) is 81.5 Å². The molecule has 0 saturated carbocycles. The van der Waals surface area contributed by atoms with Crippen LogP contribution in [0.1, 0.15) is 35.4 Å². The molecule has 0 atom stereocenters. The van der Waals surface area contributed by atoms with Crippen molar-refractivity contribution in [1.29, 1.82) is 0 Å². The van der Waals surface area contributed by atoms with Gasteiger partial charge in [0.1, 0.15) is 6.61 Å². The smallest absolute Gasteiger partial charge is 0.243 e. The normalized spacial score (nSPS) is 15.8. The van der Waals surface area contributed by atoms with Crippen LogP contribution in [-0.2, 0) is 28.4 Å². The maximum Gasteiger partial charge on any atom is 0.243 e. The van der Waals surface area contributed by atoms with Gasteiger partial charge in [0.15, 0.2) is 5.82 Å². The van der Waals surface area contributed by atoms with Crippen molar-refractivity contribution >= 4 is 27.4 Å². The summed E-state index contributed by atoms with van der Waals surface area (Å²) >= 11 is 6.18. The third-order valence-electron chi connectivity index (χ3n) is 4.53. The van der Waals surface area contributed by atoms with Gasteiger partial charge in [-0.3, -0.25) is 4.79 Å². The number of imidazole rings is 1. The third-order valence-corrected chi connectivity index (χ3v) is 6.79. The average molecular weight is 412 g/mol. The fourth-order valence-corrected chi connectivity index (χ4v) is 4.77. The maximum absolute atomic E-state index is 12.8. The van der Waals surface area contributed by atoms with Gasteiger partial charge in [-0.2, -0.15) is 4.31 Å². The van der Waals surface area contributed by atoms with Gasteiger partial charge < -0.3 is 9.30 Å². The molecule has 1 saturated heterocycles. The summed E-state index contributed by atoms with van der Waals surface area (Å²) in [6.07, 6.45) is 6.02. The maximum atomic E-state index is 12.8. The highest BCUT2D eigenvalue weighted by molar-refractivity contribution is 7.89. The zero-order chi connectivity index (χ0) is 19.4. The molecule has 27 heavy (non-hydrogen) atoms. The SMILES string of the molecule is Cn1ccnc1C(=O)COCc1cc(S(=O)(=O)N2CCCCC2)ccc1Cl. The number of ketones is 1. The Morgan fingerprint density at radius 1 is 1.26 bits per heavy atom. The molecule has 0 N–H and O–H groups in total. The number of piperidine rings is 1. The predicted octanol–water partition coefficient (Wildman–Crippen LogP) is 2.65. The van der Waals surface area contributed by atoms with Crippen molar-refractivity contribution in [2.75, 3.05) is 19.7 Å². The first-order chi connectivity index (χ1) is 12.9. The monoisotopic (exact) mass is 411 g/mol. The van der Waals surface area contributed by atoms with Crippen molar-refractivity contribution < 1.29 is 17.9 Å². The first-order valence-corrected chi connectivity index (χ1v) is 10.6. The molecular formula is C18H22ClN3O4S. The van der Waals surface area contributed by atoms with Gasteiger partial charge in [0.05, 0.1) is 11.5 Å². The van der Waals surface area contributed by atoms with Crippen molar-refractivity contribution in [2.45, 2.75) is 30.8 Å². The molecule has 9 heteroatoms. The van der Waals surface area contributed by atoms with Crippen LogP contribution in [-0.4, -0.2) is 47.8 Å². The molecule has 3 rings (SSSR count). The van der Waals surface area contributed by atoms with Crippen molar-refractivity contribution in [3.63, 3.8) is 0 Å². The number of carbonyl (C=O) groups excluding carboxylic acids is 1. The van der Waals surface area contributed by atoms with Crippen LogP contribution in [0.2, 0.25) is 5.02 Å². The highest BCUT2D eigenvalue weighted by Crippen LogP contribution is 2.25. The minimum absolute atomic E-state index is 0.0400. The lowest BCUT2D eigenvalue weighted by atomic mass is 10.2. The zero-order valence-electron chi connectivity index (χ0n) is 15.1. The van der Waals surface area contributed by atoms with E-state index in [1.54, 1.807) is 30.1 Å². The molecule has 1 fully saturated rings. The molecule has 0 spiro atoms. The van der Waals surface area contributed by atoms with E-state index in [1.165, 1.54) is 16.4 Å². The van der Waals surface area contributed by atoms with E-state index < -0.39 is 10.0 Å². The Morgan fingerprint density at radius 2 is 2.00 bits per heavy atom. The molecule has 2 aromatic rings. The lowest BCUT2D eigenvalue weighted by Crippen LogP contribution is -2.35. The minimum atomic E-state index is -3.54. The highest BCUT2D eigenvalue weighted by atomic mass is 35.5. The Balaban J connectivity index is 1.68. The van der Waals surface area contributed by atoms with Crippen LogP contribution in [0.15, 0.2) is 35.5 Å². The van der Waals surface area contributed by atoms with Crippen molar-refractivity contribution in [1.82, 2.24) is 13.9 Å². The van der Waals surface area contributed by atoms with Crippen LogP contribution < -0.4 is 0 Å². The van der Waals surface area contributed by atoms with Crippen molar-refractivity contribution in [3.05, 3.63) is 47.0 Å². The fourth-order valence-electron chi connectivity index (χ4n) is 3.03. The average Bonchev–Trinajstić information content (AvgIpc) is 3.10. The standard InChI is InChI=1S/C18H22ClN3O4S/c1-21-10-7-20-18(21)17(23)13-26-12-14-11-15(5-6-16(14)19)27(24,25)22-8-3-2-4-9-22/h5-7,10-11H,2-4,8-9,12-13H2,1H3. The Morgan fingerprint density at radius 3 is 2.67 bits per heavy atom. The first-order valence-electron chi connectivity index (χ1n) is 8.76. The van der Waals surface area contributed by atoms with Gasteiger partial charge in [-0.15, -0.1) is 0 Å². The molecule has 7 nitrogen and oxygen atoms in total. The highest BCUT2D eigenvalue weighted by Gasteiger charge is 2.26. The molecule has 2 heterocycles. The molecule has 146 valence electrons. The molecule has 1 aromatic carbocycles. The number of hydrogen-bond acceptors (Lipinski definition) is 5. The van der Waals surface area contributed by atoms with Crippen molar-refractivity contribution in [3.8, 4) is 0 Å². The Labute approximate surface area is 164 Å². The number of hydrogen-bond donors (Lipinski definition) is 0. The lowest BCUT2D eigenvalue weighted by Gasteiger charge is -2.26. The Hall–Kier alpha value is -1.74. The number of halogens is 1. The van der Waals surface area contributed by atoms with Crippen molar-refractivity contribution in [2.24, 2.45) is 7.05 Å². The third kappa shape index (κ3) is 4.57.